The van der Waals surface area contributed by atoms with E-state index in [0.717, 1.165) is 17.6 Å². The first kappa shape index (κ1) is 28.8. The number of amides is 1. The lowest BCUT2D eigenvalue weighted by molar-refractivity contribution is -0.143. The van der Waals surface area contributed by atoms with Gasteiger partial charge in [-0.25, -0.2) is 9.18 Å². The molecule has 39 heavy (non-hydrogen) atoms. The number of hydrogen-bond donors (Lipinski definition) is 0. The second kappa shape index (κ2) is 10.4. The predicted octanol–water partition coefficient (Wildman–Crippen LogP) is 8.51. The summed E-state index contributed by atoms with van der Waals surface area (Å²) in [6, 6.07) is 3.42. The van der Waals surface area contributed by atoms with E-state index >= 15 is 0 Å². The Morgan fingerprint density at radius 2 is 1.62 bits per heavy atom. The maximum absolute atomic E-state index is 14.6. The van der Waals surface area contributed by atoms with E-state index in [1.165, 1.54) is 25.0 Å². The Labute approximate surface area is 221 Å². The van der Waals surface area contributed by atoms with Crippen LogP contribution in [0.5, 0.6) is 5.75 Å². The first-order chi connectivity index (χ1) is 18.1. The number of carbonyl (C=O) groups excluding carboxylic acids is 1. The van der Waals surface area contributed by atoms with Crippen LogP contribution in [0.25, 0.3) is 5.57 Å². The van der Waals surface area contributed by atoms with E-state index in [4.69, 9.17) is 9.47 Å². The van der Waals surface area contributed by atoms with Crippen LogP contribution in [0, 0.1) is 5.82 Å². The average Bonchev–Trinajstić information content (AvgIpc) is 3.42. The second-order valence-corrected chi connectivity index (χ2v) is 10.2. The fraction of sp³-hybridized carbons (Fsp3) is 0.464. The minimum Gasteiger partial charge on any atom is -0.496 e. The van der Waals surface area contributed by atoms with E-state index in [-0.39, 0.29) is 24.1 Å². The van der Waals surface area contributed by atoms with Crippen LogP contribution in [0.2, 0.25) is 0 Å². The number of carbonyl (C=O) groups is 1. The average molecular weight is 560 g/mol. The van der Waals surface area contributed by atoms with E-state index < -0.39 is 47.5 Å². The molecule has 0 bridgehead atoms. The van der Waals surface area contributed by atoms with Gasteiger partial charge in [0.25, 0.3) is 0 Å². The summed E-state index contributed by atoms with van der Waals surface area (Å²) in [5.74, 6) is -0.155. The number of alkyl halides is 6. The molecule has 2 atom stereocenters. The zero-order valence-electron chi connectivity index (χ0n) is 21.8. The molecule has 0 aromatic heterocycles. The molecule has 0 radical (unpaired) electrons. The van der Waals surface area contributed by atoms with E-state index in [2.05, 4.69) is 0 Å². The zero-order chi connectivity index (χ0) is 28.9. The highest BCUT2D eigenvalue weighted by Gasteiger charge is 2.43. The van der Waals surface area contributed by atoms with Crippen molar-refractivity contribution in [1.29, 1.82) is 0 Å². The molecule has 0 unspecified atom stereocenters. The molecule has 0 saturated carbocycles. The van der Waals surface area contributed by atoms with Gasteiger partial charge in [-0.3, -0.25) is 4.90 Å². The number of cyclic esters (lactones) is 1. The minimum absolute atomic E-state index is 0.0415. The number of ether oxygens (including phenoxy) is 2. The Balaban J connectivity index is 1.69. The van der Waals surface area contributed by atoms with E-state index in [9.17, 15) is 35.5 Å². The Morgan fingerprint density at radius 1 is 1.00 bits per heavy atom. The number of rotatable bonds is 6. The molecule has 2 aromatic carbocycles. The van der Waals surface area contributed by atoms with Gasteiger partial charge in [0, 0.05) is 18.2 Å². The van der Waals surface area contributed by atoms with Gasteiger partial charge in [0.2, 0.25) is 0 Å². The lowest BCUT2D eigenvalue weighted by Gasteiger charge is -2.24. The van der Waals surface area contributed by atoms with Crippen LogP contribution in [0.3, 0.4) is 0 Å². The molecule has 1 amide bonds. The molecule has 1 aliphatic carbocycles. The van der Waals surface area contributed by atoms with Crippen molar-refractivity contribution in [1.82, 2.24) is 4.90 Å². The largest absolute Gasteiger partial charge is 0.496 e. The molecule has 11 heteroatoms. The molecule has 212 valence electrons. The maximum atomic E-state index is 14.6. The zero-order valence-corrected chi connectivity index (χ0v) is 21.8. The number of nitrogens with zero attached hydrogens (tertiary/aromatic N) is 1. The molecule has 0 spiro atoms. The molecule has 1 heterocycles. The lowest BCUT2D eigenvalue weighted by atomic mass is 9.93. The van der Waals surface area contributed by atoms with Crippen LogP contribution < -0.4 is 4.74 Å². The molecular formula is C28H28F7NO3. The van der Waals surface area contributed by atoms with E-state index in [1.807, 2.05) is 13.8 Å². The third-order valence-corrected chi connectivity index (χ3v) is 7.29. The molecule has 2 aromatic rings. The van der Waals surface area contributed by atoms with Gasteiger partial charge in [0.15, 0.2) is 0 Å². The highest BCUT2D eigenvalue weighted by molar-refractivity contribution is 5.77. The van der Waals surface area contributed by atoms with Crippen molar-refractivity contribution < 1.29 is 45.0 Å². The molecule has 1 fully saturated rings. The molecule has 4 rings (SSSR count). The summed E-state index contributed by atoms with van der Waals surface area (Å²) in [4.78, 5) is 14.1. The van der Waals surface area contributed by atoms with Gasteiger partial charge in [-0.2, -0.15) is 26.3 Å². The van der Waals surface area contributed by atoms with Crippen molar-refractivity contribution in [3.05, 3.63) is 69.5 Å². The van der Waals surface area contributed by atoms with Gasteiger partial charge in [-0.15, -0.1) is 0 Å². The number of allylic oxidation sites excluding steroid dienone is 1. The molecule has 4 nitrogen and oxygen atoms in total. The summed E-state index contributed by atoms with van der Waals surface area (Å²) in [6.07, 6.45) is -10.2. The van der Waals surface area contributed by atoms with Gasteiger partial charge in [-0.05, 0) is 78.6 Å². The Bertz CT molecular complexity index is 1270. The normalized spacial score (nSPS) is 20.3. The minimum atomic E-state index is -5.02. The van der Waals surface area contributed by atoms with Crippen molar-refractivity contribution in [2.24, 2.45) is 0 Å². The first-order valence-electron chi connectivity index (χ1n) is 12.5. The smallest absolute Gasteiger partial charge is 0.416 e. The summed E-state index contributed by atoms with van der Waals surface area (Å²) in [5.41, 5.74) is -0.417. The number of methoxy groups -OCH3 is 1. The van der Waals surface area contributed by atoms with Crippen molar-refractivity contribution in [2.45, 2.75) is 70.4 Å². The number of halogens is 7. The number of hydrogen-bond acceptors (Lipinski definition) is 3. The van der Waals surface area contributed by atoms with Crippen molar-refractivity contribution >= 4 is 11.7 Å². The van der Waals surface area contributed by atoms with Crippen LogP contribution in [-0.2, 0) is 17.1 Å². The van der Waals surface area contributed by atoms with Crippen molar-refractivity contribution in [2.75, 3.05) is 13.7 Å². The third-order valence-electron chi connectivity index (χ3n) is 7.29. The van der Waals surface area contributed by atoms with Crippen molar-refractivity contribution in [3.8, 4) is 5.75 Å². The van der Waals surface area contributed by atoms with Crippen molar-refractivity contribution in [3.63, 3.8) is 0 Å². The standard InChI is InChI=1S/C28H28F7NO3/c1-14(2)21-11-22(24(38-4)12-23(21)29)20-7-5-6-16(20)13-36-15(3)25(39-26(36)37)17-8-18(27(30,31)32)10-19(9-17)28(33,34)35/h8-12,14-15,25H,5-7,13H2,1-4H3/t15-,25-/m0/s1. The van der Waals surface area contributed by atoms with Crippen LogP contribution in [-0.4, -0.2) is 30.7 Å². The highest BCUT2D eigenvalue weighted by Crippen LogP contribution is 2.44. The lowest BCUT2D eigenvalue weighted by Crippen LogP contribution is -2.33. The van der Waals surface area contributed by atoms with Crippen LogP contribution in [0.4, 0.5) is 35.5 Å². The fourth-order valence-corrected chi connectivity index (χ4v) is 5.23. The molecular weight excluding hydrogens is 531 g/mol. The maximum Gasteiger partial charge on any atom is 0.416 e. The Kier molecular flexibility index (Phi) is 7.66. The fourth-order valence-electron chi connectivity index (χ4n) is 5.23. The predicted molar refractivity (Wildman–Crippen MR) is 130 cm³/mol. The summed E-state index contributed by atoms with van der Waals surface area (Å²) in [6.45, 7) is 5.30. The molecule has 1 saturated heterocycles. The third kappa shape index (κ3) is 5.72. The van der Waals surface area contributed by atoms with E-state index in [0.29, 0.717) is 41.9 Å². The van der Waals surface area contributed by atoms with E-state index in [1.54, 1.807) is 6.07 Å². The molecule has 1 aliphatic heterocycles. The van der Waals surface area contributed by atoms with Gasteiger partial charge in [0.1, 0.15) is 17.7 Å². The van der Waals surface area contributed by atoms with Crippen LogP contribution >= 0.6 is 0 Å². The van der Waals surface area contributed by atoms with Gasteiger partial charge < -0.3 is 9.47 Å². The summed E-state index contributed by atoms with van der Waals surface area (Å²) in [7, 11) is 1.43. The SMILES string of the molecule is COc1cc(F)c(C(C)C)cc1C1=C(CN2C(=O)O[C@H](c3cc(C(F)(F)F)cc(C(F)(F)F)c3)[C@@H]2C)CCC1. The van der Waals surface area contributed by atoms with Gasteiger partial charge in [0.05, 0.1) is 24.3 Å². The summed E-state index contributed by atoms with van der Waals surface area (Å²) >= 11 is 0. The van der Waals surface area contributed by atoms with Gasteiger partial charge in [-0.1, -0.05) is 13.8 Å². The molecule has 0 N–H and O–H groups in total. The second-order valence-electron chi connectivity index (χ2n) is 10.2. The topological polar surface area (TPSA) is 38.8 Å². The Morgan fingerprint density at radius 3 is 2.15 bits per heavy atom. The number of benzene rings is 2. The first-order valence-corrected chi connectivity index (χ1v) is 12.5. The van der Waals surface area contributed by atoms with Crippen LogP contribution in [0.15, 0.2) is 35.9 Å². The monoisotopic (exact) mass is 559 g/mol. The quantitative estimate of drug-likeness (QED) is 0.333. The van der Waals surface area contributed by atoms with Gasteiger partial charge >= 0.3 is 18.4 Å². The summed E-state index contributed by atoms with van der Waals surface area (Å²) in [5, 5.41) is 0. The van der Waals surface area contributed by atoms with Crippen LogP contribution in [0.1, 0.15) is 79.9 Å². The Hall–Kier alpha value is -3.24. The summed E-state index contributed by atoms with van der Waals surface area (Å²) < 4.78 is 106. The highest BCUT2D eigenvalue weighted by atomic mass is 19.4. The molecule has 2 aliphatic rings.